The third-order valence-corrected chi connectivity index (χ3v) is 5.22. The van der Waals surface area contributed by atoms with Gasteiger partial charge in [0.2, 0.25) is 0 Å². The molecule has 0 aliphatic carbocycles. The minimum absolute atomic E-state index is 0.138. The predicted octanol–water partition coefficient (Wildman–Crippen LogP) is 7.65. The molecule has 0 bridgehead atoms. The molecule has 0 heterocycles. The minimum atomic E-state index is -5.07. The first kappa shape index (κ1) is 28.3. The van der Waals surface area contributed by atoms with Crippen molar-refractivity contribution >= 4 is 11.8 Å². The molecule has 2 rings (SSSR count). The van der Waals surface area contributed by atoms with Crippen molar-refractivity contribution in [3.05, 3.63) is 70.3 Å². The lowest BCUT2D eigenvalue weighted by molar-refractivity contribution is -0.138. The fourth-order valence-electron chi connectivity index (χ4n) is 3.46. The van der Waals surface area contributed by atoms with Crippen LogP contribution >= 0.6 is 0 Å². The molecule has 0 saturated carbocycles. The van der Waals surface area contributed by atoms with Gasteiger partial charge in [-0.05, 0) is 42.8 Å². The Morgan fingerprint density at radius 3 is 1.97 bits per heavy atom. The largest absolute Gasteiger partial charge is 0.417 e. The van der Waals surface area contributed by atoms with Crippen molar-refractivity contribution in [3.63, 3.8) is 0 Å². The van der Waals surface area contributed by atoms with Crippen LogP contribution in [0, 0.1) is 11.6 Å². The Labute approximate surface area is 196 Å². The van der Waals surface area contributed by atoms with Crippen LogP contribution in [0.5, 0.6) is 0 Å². The summed E-state index contributed by atoms with van der Waals surface area (Å²) in [6.07, 6.45) is -6.10. The van der Waals surface area contributed by atoms with Gasteiger partial charge >= 0.3 is 12.4 Å². The summed E-state index contributed by atoms with van der Waals surface area (Å²) in [5.41, 5.74) is -5.07. The Morgan fingerprint density at radius 2 is 1.37 bits per heavy atom. The second kappa shape index (κ2) is 11.6. The van der Waals surface area contributed by atoms with Crippen molar-refractivity contribution in [2.45, 2.75) is 57.8 Å². The first-order valence-corrected chi connectivity index (χ1v) is 10.9. The number of benzene rings is 2. The number of carbonyl (C=O) groups excluding carboxylic acids is 2. The van der Waals surface area contributed by atoms with Crippen LogP contribution in [0.25, 0.3) is 0 Å². The number of hydrogen-bond donors (Lipinski definition) is 0. The number of halogens is 8. The van der Waals surface area contributed by atoms with Crippen LogP contribution < -0.4 is 0 Å². The SMILES string of the molecule is CCCCCCCCN(C(=O)c1cc(F)cc(C(F)(F)F)c1)C(=O)c1cc(F)ccc1C(F)(F)F. The van der Waals surface area contributed by atoms with Crippen LogP contribution in [0.3, 0.4) is 0 Å². The van der Waals surface area contributed by atoms with E-state index in [1.54, 1.807) is 0 Å². The van der Waals surface area contributed by atoms with E-state index in [0.29, 0.717) is 48.1 Å². The summed E-state index contributed by atoms with van der Waals surface area (Å²) in [5, 5.41) is 0. The van der Waals surface area contributed by atoms with Crippen molar-refractivity contribution in [1.82, 2.24) is 4.90 Å². The normalized spacial score (nSPS) is 12.0. The highest BCUT2D eigenvalue weighted by Crippen LogP contribution is 2.34. The van der Waals surface area contributed by atoms with Gasteiger partial charge in [-0.25, -0.2) is 8.78 Å². The fraction of sp³-hybridized carbons (Fsp3) is 0.417. The highest BCUT2D eigenvalue weighted by Gasteiger charge is 2.38. The number of alkyl halides is 6. The predicted molar refractivity (Wildman–Crippen MR) is 112 cm³/mol. The Balaban J connectivity index is 2.47. The first-order chi connectivity index (χ1) is 16.3. The molecule has 0 radical (unpaired) electrons. The zero-order chi connectivity index (χ0) is 26.4. The van der Waals surface area contributed by atoms with Crippen molar-refractivity contribution in [3.8, 4) is 0 Å². The Hall–Kier alpha value is -2.98. The van der Waals surface area contributed by atoms with Gasteiger partial charge in [0.05, 0.1) is 16.7 Å². The van der Waals surface area contributed by atoms with E-state index in [2.05, 4.69) is 0 Å². The summed E-state index contributed by atoms with van der Waals surface area (Å²) in [4.78, 5) is 26.3. The fourth-order valence-corrected chi connectivity index (χ4v) is 3.46. The van der Waals surface area contributed by atoms with E-state index in [4.69, 9.17) is 0 Å². The maximum atomic E-state index is 13.9. The molecule has 2 aromatic carbocycles. The van der Waals surface area contributed by atoms with Crippen molar-refractivity contribution in [2.75, 3.05) is 6.54 Å². The van der Waals surface area contributed by atoms with Crippen LogP contribution in [0.2, 0.25) is 0 Å². The number of nitrogens with zero attached hydrogens (tertiary/aromatic N) is 1. The zero-order valence-corrected chi connectivity index (χ0v) is 18.7. The maximum absolute atomic E-state index is 13.9. The molecular weight excluding hydrogens is 486 g/mol. The van der Waals surface area contributed by atoms with Gasteiger partial charge in [-0.1, -0.05) is 39.0 Å². The van der Waals surface area contributed by atoms with Gasteiger partial charge in [-0.2, -0.15) is 26.3 Å². The average molecular weight is 509 g/mol. The van der Waals surface area contributed by atoms with E-state index in [-0.39, 0.29) is 12.5 Å². The van der Waals surface area contributed by atoms with Crippen LogP contribution in [0.1, 0.15) is 77.3 Å². The van der Waals surface area contributed by atoms with E-state index in [1.165, 1.54) is 0 Å². The van der Waals surface area contributed by atoms with Gasteiger partial charge in [0, 0.05) is 12.1 Å². The quantitative estimate of drug-likeness (QED) is 0.198. The van der Waals surface area contributed by atoms with Gasteiger partial charge in [-0.15, -0.1) is 0 Å². The topological polar surface area (TPSA) is 37.4 Å². The average Bonchev–Trinajstić information content (AvgIpc) is 2.76. The molecule has 11 heteroatoms. The molecule has 2 amide bonds. The number of rotatable bonds is 9. The molecule has 0 spiro atoms. The molecule has 35 heavy (non-hydrogen) atoms. The third-order valence-electron chi connectivity index (χ3n) is 5.22. The second-order valence-electron chi connectivity index (χ2n) is 7.94. The molecule has 0 aromatic heterocycles. The van der Waals surface area contributed by atoms with Gasteiger partial charge in [0.1, 0.15) is 11.6 Å². The van der Waals surface area contributed by atoms with Crippen LogP contribution in [-0.2, 0) is 12.4 Å². The van der Waals surface area contributed by atoms with E-state index < -0.39 is 64.6 Å². The molecule has 0 saturated heterocycles. The van der Waals surface area contributed by atoms with E-state index in [9.17, 15) is 44.7 Å². The summed E-state index contributed by atoms with van der Waals surface area (Å²) in [5.74, 6) is -5.57. The number of imide groups is 1. The lowest BCUT2D eigenvalue weighted by Crippen LogP contribution is -2.39. The van der Waals surface area contributed by atoms with E-state index in [0.717, 1.165) is 19.3 Å². The summed E-state index contributed by atoms with van der Waals surface area (Å²) >= 11 is 0. The molecule has 0 aliphatic rings. The van der Waals surface area contributed by atoms with Crippen molar-refractivity contribution in [1.29, 1.82) is 0 Å². The Kier molecular flexibility index (Phi) is 9.39. The number of carbonyl (C=O) groups is 2. The second-order valence-corrected chi connectivity index (χ2v) is 7.94. The van der Waals surface area contributed by atoms with Crippen molar-refractivity contribution < 1.29 is 44.7 Å². The smallest absolute Gasteiger partial charge is 0.274 e. The third kappa shape index (κ3) is 7.76. The van der Waals surface area contributed by atoms with Crippen LogP contribution in [0.15, 0.2) is 36.4 Å². The van der Waals surface area contributed by atoms with Gasteiger partial charge in [-0.3, -0.25) is 14.5 Å². The Bertz CT molecular complexity index is 1050. The van der Waals surface area contributed by atoms with Crippen LogP contribution in [-0.4, -0.2) is 23.3 Å². The number of hydrogen-bond acceptors (Lipinski definition) is 2. The monoisotopic (exact) mass is 509 g/mol. The molecule has 0 aliphatic heterocycles. The number of unbranched alkanes of at least 4 members (excludes halogenated alkanes) is 5. The van der Waals surface area contributed by atoms with Gasteiger partial charge in [0.25, 0.3) is 11.8 Å². The highest BCUT2D eigenvalue weighted by molar-refractivity contribution is 6.11. The zero-order valence-electron chi connectivity index (χ0n) is 18.7. The van der Waals surface area contributed by atoms with Gasteiger partial charge < -0.3 is 0 Å². The first-order valence-electron chi connectivity index (χ1n) is 10.9. The van der Waals surface area contributed by atoms with Crippen molar-refractivity contribution in [2.24, 2.45) is 0 Å². The van der Waals surface area contributed by atoms with E-state index >= 15 is 0 Å². The molecular formula is C24H23F8NO2. The minimum Gasteiger partial charge on any atom is -0.274 e. The van der Waals surface area contributed by atoms with Crippen LogP contribution in [0.4, 0.5) is 35.1 Å². The lowest BCUT2D eigenvalue weighted by Gasteiger charge is -2.23. The molecule has 3 nitrogen and oxygen atoms in total. The molecule has 0 fully saturated rings. The van der Waals surface area contributed by atoms with Gasteiger partial charge in [0.15, 0.2) is 0 Å². The van der Waals surface area contributed by atoms with E-state index in [1.807, 2.05) is 6.92 Å². The summed E-state index contributed by atoms with van der Waals surface area (Å²) in [6.45, 7) is 1.53. The molecule has 2 aromatic rings. The number of amides is 2. The Morgan fingerprint density at radius 1 is 0.743 bits per heavy atom. The summed E-state index contributed by atoms with van der Waals surface area (Å²) < 4.78 is 107. The molecule has 192 valence electrons. The summed E-state index contributed by atoms with van der Waals surface area (Å²) in [7, 11) is 0. The standard InChI is InChI=1S/C24H23F8NO2/c1-2-3-4-5-6-7-10-33(21(34)15-11-16(23(27,28)29)13-18(26)12-15)22(35)19-14-17(25)8-9-20(19)24(30,31)32/h8-9,11-14H,2-7,10H2,1H3. The maximum Gasteiger partial charge on any atom is 0.417 e. The molecule has 0 unspecified atom stereocenters. The lowest BCUT2D eigenvalue weighted by atomic mass is 10.0. The molecule has 0 atom stereocenters. The molecule has 0 N–H and O–H groups in total. The summed E-state index contributed by atoms with van der Waals surface area (Å²) in [6, 6.07) is 2.03. The highest BCUT2D eigenvalue weighted by atomic mass is 19.4.